The predicted molar refractivity (Wildman–Crippen MR) is 81.9 cm³/mol. The molecule has 5 heteroatoms. The van der Waals surface area contributed by atoms with Crippen LogP contribution < -0.4 is 5.43 Å². The van der Waals surface area contributed by atoms with Gasteiger partial charge >= 0.3 is 0 Å². The summed E-state index contributed by atoms with van der Waals surface area (Å²) in [6.45, 7) is 1.72. The number of aromatic hydroxyl groups is 1. The second-order valence-corrected chi connectivity index (χ2v) is 4.99. The van der Waals surface area contributed by atoms with Gasteiger partial charge in [0.2, 0.25) is 0 Å². The van der Waals surface area contributed by atoms with Gasteiger partial charge in [-0.2, -0.15) is 5.10 Å². The first-order chi connectivity index (χ1) is 9.59. The van der Waals surface area contributed by atoms with E-state index in [2.05, 4.69) is 26.5 Å². The fourth-order valence-corrected chi connectivity index (χ4v) is 2.14. The number of hydrogen-bond donors (Lipinski definition) is 2. The summed E-state index contributed by atoms with van der Waals surface area (Å²) in [4.78, 5) is 12.0. The van der Waals surface area contributed by atoms with Crippen LogP contribution in [0.1, 0.15) is 22.8 Å². The number of rotatable bonds is 3. The van der Waals surface area contributed by atoms with Crippen molar-refractivity contribution in [2.45, 2.75) is 6.92 Å². The van der Waals surface area contributed by atoms with Gasteiger partial charge in [0.05, 0.1) is 11.3 Å². The molecule has 0 heterocycles. The van der Waals surface area contributed by atoms with Gasteiger partial charge in [0.25, 0.3) is 5.91 Å². The molecule has 0 bridgehead atoms. The summed E-state index contributed by atoms with van der Waals surface area (Å²) in [6.07, 6.45) is 0. The maximum Gasteiger partial charge on any atom is 0.272 e. The Kier molecular flexibility index (Phi) is 4.53. The minimum absolute atomic E-state index is 0.129. The summed E-state index contributed by atoms with van der Waals surface area (Å²) >= 11 is 3.31. The van der Waals surface area contributed by atoms with Crippen LogP contribution in [-0.2, 0) is 0 Å². The lowest BCUT2D eigenvalue weighted by Gasteiger charge is -2.05. The van der Waals surface area contributed by atoms with Crippen LogP contribution in [0, 0.1) is 0 Å². The maximum absolute atomic E-state index is 12.0. The fraction of sp³-hybridized carbons (Fsp3) is 0.0667. The summed E-state index contributed by atoms with van der Waals surface area (Å²) in [5.41, 5.74) is 4.09. The van der Waals surface area contributed by atoms with Crippen molar-refractivity contribution < 1.29 is 9.90 Å². The van der Waals surface area contributed by atoms with E-state index in [1.807, 2.05) is 6.07 Å². The number of hydrazone groups is 1. The molecular formula is C15H13BrN2O2. The Balaban J connectivity index is 2.16. The first-order valence-corrected chi connectivity index (χ1v) is 6.76. The van der Waals surface area contributed by atoms with E-state index in [1.54, 1.807) is 49.4 Å². The third-order valence-corrected chi connectivity index (χ3v) is 3.43. The van der Waals surface area contributed by atoms with Crippen molar-refractivity contribution in [1.29, 1.82) is 0 Å². The van der Waals surface area contributed by atoms with Crippen molar-refractivity contribution in [2.24, 2.45) is 5.10 Å². The molecule has 2 aromatic carbocycles. The van der Waals surface area contributed by atoms with Crippen LogP contribution >= 0.6 is 15.9 Å². The third kappa shape index (κ3) is 3.24. The van der Waals surface area contributed by atoms with Gasteiger partial charge in [-0.1, -0.05) is 24.3 Å². The minimum Gasteiger partial charge on any atom is -0.507 e. The van der Waals surface area contributed by atoms with Gasteiger partial charge in [0.15, 0.2) is 0 Å². The molecule has 0 atom stereocenters. The highest BCUT2D eigenvalue weighted by atomic mass is 79.9. The number of nitrogens with zero attached hydrogens (tertiary/aromatic N) is 1. The molecule has 2 aromatic rings. The van der Waals surface area contributed by atoms with Crippen LogP contribution in [0.3, 0.4) is 0 Å². The molecule has 102 valence electrons. The van der Waals surface area contributed by atoms with Gasteiger partial charge in [-0.05, 0) is 47.1 Å². The van der Waals surface area contributed by atoms with Gasteiger partial charge in [-0.15, -0.1) is 0 Å². The Hall–Kier alpha value is -2.14. The zero-order chi connectivity index (χ0) is 14.5. The molecule has 20 heavy (non-hydrogen) atoms. The van der Waals surface area contributed by atoms with Crippen molar-refractivity contribution in [3.05, 3.63) is 64.1 Å². The van der Waals surface area contributed by atoms with Gasteiger partial charge in [-0.3, -0.25) is 4.79 Å². The van der Waals surface area contributed by atoms with E-state index in [0.29, 0.717) is 21.3 Å². The molecule has 0 aliphatic rings. The van der Waals surface area contributed by atoms with Crippen molar-refractivity contribution in [3.63, 3.8) is 0 Å². The Morgan fingerprint density at radius 1 is 1.10 bits per heavy atom. The van der Waals surface area contributed by atoms with Gasteiger partial charge in [0.1, 0.15) is 5.75 Å². The molecule has 0 aliphatic heterocycles. The Bertz CT molecular complexity index is 668. The highest BCUT2D eigenvalue weighted by Crippen LogP contribution is 2.17. The minimum atomic E-state index is -0.313. The Morgan fingerprint density at radius 3 is 2.35 bits per heavy atom. The van der Waals surface area contributed by atoms with E-state index in [-0.39, 0.29) is 11.7 Å². The monoisotopic (exact) mass is 332 g/mol. The van der Waals surface area contributed by atoms with E-state index in [1.165, 1.54) is 0 Å². The Morgan fingerprint density at radius 2 is 1.70 bits per heavy atom. The molecule has 0 saturated heterocycles. The van der Waals surface area contributed by atoms with Crippen LogP contribution in [-0.4, -0.2) is 16.7 Å². The topological polar surface area (TPSA) is 61.7 Å². The van der Waals surface area contributed by atoms with Crippen molar-refractivity contribution in [2.75, 3.05) is 0 Å². The molecule has 2 N–H and O–H groups in total. The average molecular weight is 333 g/mol. The average Bonchev–Trinajstić information content (AvgIpc) is 2.45. The van der Waals surface area contributed by atoms with Gasteiger partial charge in [0, 0.05) is 10.0 Å². The second kappa shape index (κ2) is 6.34. The molecule has 0 radical (unpaired) electrons. The number of nitrogens with one attached hydrogen (secondary N) is 1. The summed E-state index contributed by atoms with van der Waals surface area (Å²) in [6, 6.07) is 13.9. The van der Waals surface area contributed by atoms with Crippen molar-refractivity contribution in [3.8, 4) is 5.75 Å². The predicted octanol–water partition coefficient (Wildman–Crippen LogP) is 3.31. The van der Waals surface area contributed by atoms with Crippen LogP contribution in [0.15, 0.2) is 58.1 Å². The third-order valence-electron chi connectivity index (χ3n) is 2.74. The van der Waals surface area contributed by atoms with Crippen LogP contribution in [0.4, 0.5) is 0 Å². The van der Waals surface area contributed by atoms with Crippen molar-refractivity contribution >= 4 is 27.5 Å². The summed E-state index contributed by atoms with van der Waals surface area (Å²) < 4.78 is 0.702. The zero-order valence-corrected chi connectivity index (χ0v) is 12.4. The summed E-state index contributed by atoms with van der Waals surface area (Å²) in [5, 5.41) is 13.7. The molecule has 0 aliphatic carbocycles. The van der Waals surface area contributed by atoms with Gasteiger partial charge < -0.3 is 5.11 Å². The molecule has 0 aromatic heterocycles. The smallest absolute Gasteiger partial charge is 0.272 e. The standard InChI is InChI=1S/C15H13BrN2O2/c1-10(11-6-3-5-9-14(11)19)17-18-15(20)12-7-2-4-8-13(12)16/h2-9,19H,1H3,(H,18,20)/b17-10+. The molecule has 0 fully saturated rings. The largest absolute Gasteiger partial charge is 0.507 e. The zero-order valence-electron chi connectivity index (χ0n) is 10.8. The normalized spacial score (nSPS) is 11.2. The molecule has 0 saturated carbocycles. The number of amides is 1. The van der Waals surface area contributed by atoms with Crippen LogP contribution in [0.5, 0.6) is 5.75 Å². The molecule has 0 spiro atoms. The van der Waals surface area contributed by atoms with Crippen LogP contribution in [0.25, 0.3) is 0 Å². The number of para-hydroxylation sites is 1. The number of phenolic OH excluding ortho intramolecular Hbond substituents is 1. The molecule has 0 unspecified atom stereocenters. The summed E-state index contributed by atoms with van der Waals surface area (Å²) in [5.74, 6) is -0.184. The SMILES string of the molecule is C/C(=N\NC(=O)c1ccccc1Br)c1ccccc1O. The number of hydrogen-bond acceptors (Lipinski definition) is 3. The lowest BCUT2D eigenvalue weighted by atomic mass is 10.1. The summed E-state index contributed by atoms with van der Waals surface area (Å²) in [7, 11) is 0. The fourth-order valence-electron chi connectivity index (χ4n) is 1.68. The number of carbonyl (C=O) groups is 1. The molecule has 4 nitrogen and oxygen atoms in total. The Labute approximate surface area is 125 Å². The number of phenols is 1. The number of benzene rings is 2. The van der Waals surface area contributed by atoms with Gasteiger partial charge in [-0.25, -0.2) is 5.43 Å². The first kappa shape index (κ1) is 14.3. The lowest BCUT2D eigenvalue weighted by Crippen LogP contribution is -2.19. The number of halogens is 1. The second-order valence-electron chi connectivity index (χ2n) is 4.14. The highest BCUT2D eigenvalue weighted by molar-refractivity contribution is 9.10. The van der Waals surface area contributed by atoms with E-state index in [4.69, 9.17) is 0 Å². The maximum atomic E-state index is 12.0. The first-order valence-electron chi connectivity index (χ1n) is 5.97. The van der Waals surface area contributed by atoms with Crippen LogP contribution in [0.2, 0.25) is 0 Å². The van der Waals surface area contributed by atoms with E-state index in [0.717, 1.165) is 0 Å². The van der Waals surface area contributed by atoms with E-state index < -0.39 is 0 Å². The lowest BCUT2D eigenvalue weighted by molar-refractivity contribution is 0.0954. The molecule has 1 amide bonds. The highest BCUT2D eigenvalue weighted by Gasteiger charge is 2.09. The quantitative estimate of drug-likeness (QED) is 0.669. The molecular weight excluding hydrogens is 320 g/mol. The van der Waals surface area contributed by atoms with E-state index in [9.17, 15) is 9.90 Å². The van der Waals surface area contributed by atoms with Crippen molar-refractivity contribution in [1.82, 2.24) is 5.43 Å². The molecule has 2 rings (SSSR count). The number of carbonyl (C=O) groups excluding carboxylic acids is 1. The van der Waals surface area contributed by atoms with E-state index >= 15 is 0 Å².